The molecule has 2 saturated heterocycles. The number of alkyl halides is 6. The fourth-order valence-corrected chi connectivity index (χ4v) is 7.80. The zero-order valence-electron chi connectivity index (χ0n) is 35.6. The molecule has 20 heteroatoms. The Morgan fingerprint density at radius 1 is 0.547 bits per heavy atom. The maximum atomic E-state index is 13.3. The Kier molecular flexibility index (Phi) is 15.6. The lowest BCUT2D eigenvalue weighted by Gasteiger charge is -2.34. The predicted octanol–water partition coefficient (Wildman–Crippen LogP) is 8.37. The first-order chi connectivity index (χ1) is 30.5. The minimum Gasteiger partial charge on any atom is -0.450 e. The quantitative estimate of drug-likeness (QED) is 0.113. The topological polar surface area (TPSA) is 157 Å². The number of nitrogens with one attached hydrogen (secondary N) is 2. The minimum absolute atomic E-state index is 0.186. The number of nitrogens with zero attached hydrogens (tertiary/aromatic N) is 6. The first-order valence-electron chi connectivity index (χ1n) is 21.3. The van der Waals surface area contributed by atoms with E-state index >= 15 is 0 Å². The molecular weight excluding hydrogens is 851 g/mol. The fraction of sp³-hybridized carbons (Fsp3) is 0.500. The van der Waals surface area contributed by atoms with E-state index in [4.69, 9.17) is 9.47 Å². The Morgan fingerprint density at radius 3 is 1.17 bits per heavy atom. The maximum Gasteiger partial charge on any atom is 0.409 e. The Morgan fingerprint density at radius 2 is 0.859 bits per heavy atom. The van der Waals surface area contributed by atoms with Gasteiger partial charge in [0, 0.05) is 89.9 Å². The smallest absolute Gasteiger partial charge is 0.409 e. The summed E-state index contributed by atoms with van der Waals surface area (Å²) in [4.78, 5) is 71.8. The van der Waals surface area contributed by atoms with E-state index in [1.54, 1.807) is 23.6 Å². The molecule has 4 aromatic rings. The van der Waals surface area contributed by atoms with Crippen molar-refractivity contribution in [3.63, 3.8) is 0 Å². The van der Waals surface area contributed by atoms with Crippen molar-refractivity contribution in [2.24, 2.45) is 0 Å². The third-order valence-corrected chi connectivity index (χ3v) is 11.4. The van der Waals surface area contributed by atoms with Gasteiger partial charge in [0.05, 0.1) is 37.0 Å². The predicted molar refractivity (Wildman–Crippen MR) is 223 cm³/mol. The van der Waals surface area contributed by atoms with Crippen LogP contribution in [-0.4, -0.2) is 141 Å². The molecule has 0 spiro atoms. The summed E-state index contributed by atoms with van der Waals surface area (Å²) in [5.41, 5.74) is 4.27. The van der Waals surface area contributed by atoms with Crippen LogP contribution in [0.25, 0.3) is 33.6 Å². The second-order valence-electron chi connectivity index (χ2n) is 15.8. The van der Waals surface area contributed by atoms with Gasteiger partial charge in [0.1, 0.15) is 11.6 Å². The molecule has 4 amide bonds. The van der Waals surface area contributed by atoms with Crippen molar-refractivity contribution >= 4 is 24.0 Å². The fourth-order valence-electron chi connectivity index (χ4n) is 7.80. The van der Waals surface area contributed by atoms with Gasteiger partial charge in [0.25, 0.3) is 0 Å². The van der Waals surface area contributed by atoms with E-state index in [9.17, 15) is 45.5 Å². The van der Waals surface area contributed by atoms with Gasteiger partial charge in [0.2, 0.25) is 11.8 Å². The van der Waals surface area contributed by atoms with Crippen LogP contribution in [0.4, 0.5) is 35.9 Å². The van der Waals surface area contributed by atoms with Gasteiger partial charge in [-0.1, -0.05) is 48.5 Å². The summed E-state index contributed by atoms with van der Waals surface area (Å²) in [5.74, 6) is -1.76. The highest BCUT2D eigenvalue weighted by atomic mass is 19.4. The number of carbonyl (C=O) groups is 4. The number of imidazole rings is 2. The molecule has 2 unspecified atom stereocenters. The second kappa shape index (κ2) is 21.1. The van der Waals surface area contributed by atoms with E-state index in [1.165, 1.54) is 22.2 Å². The van der Waals surface area contributed by atoms with Gasteiger partial charge >= 0.3 is 24.5 Å². The van der Waals surface area contributed by atoms with E-state index in [0.717, 1.165) is 22.3 Å². The number of aromatic amines is 2. The molecule has 0 saturated carbocycles. The van der Waals surface area contributed by atoms with E-state index in [0.29, 0.717) is 11.4 Å². The van der Waals surface area contributed by atoms with Crippen LogP contribution in [0.15, 0.2) is 60.9 Å². The van der Waals surface area contributed by atoms with Crippen LogP contribution < -0.4 is 0 Å². The molecule has 2 N–H and O–H groups in total. The number of aromatic nitrogens is 4. The Labute approximate surface area is 366 Å². The summed E-state index contributed by atoms with van der Waals surface area (Å²) in [6.07, 6.45) is -9.96. The number of ether oxygens (including phenoxy) is 2. The minimum atomic E-state index is -4.42. The Balaban J connectivity index is 1.08. The van der Waals surface area contributed by atoms with E-state index < -0.39 is 49.2 Å². The molecule has 2 aromatic heterocycles. The highest BCUT2D eigenvalue weighted by molar-refractivity contribution is 5.79. The summed E-state index contributed by atoms with van der Waals surface area (Å²) >= 11 is 0. The lowest BCUT2D eigenvalue weighted by molar-refractivity contribution is -0.140. The van der Waals surface area contributed by atoms with Crippen LogP contribution >= 0.6 is 0 Å². The van der Waals surface area contributed by atoms with Crippen molar-refractivity contribution in [2.75, 3.05) is 65.6 Å². The van der Waals surface area contributed by atoms with Crippen molar-refractivity contribution in [3.05, 3.63) is 72.6 Å². The highest BCUT2D eigenvalue weighted by Gasteiger charge is 2.34. The summed E-state index contributed by atoms with van der Waals surface area (Å²) in [6.45, 7) is 5.85. The SMILES string of the molecule is CCOC(=O)N1CCN(C(=O)CC(CCC(F)(F)F)c2ncc(-c3ccc(-c4ccc(-c5cnc(C(CCC(F)(F)F)CC(=O)N6CCN(C(=O)OCC)CC6)[nH]5)cc4)cc3)[nH]2)CC1. The van der Waals surface area contributed by atoms with Crippen LogP contribution in [0.5, 0.6) is 0 Å². The molecule has 2 aliphatic rings. The molecule has 2 aromatic carbocycles. The molecule has 2 fully saturated rings. The van der Waals surface area contributed by atoms with Crippen molar-refractivity contribution in [2.45, 2.75) is 76.6 Å². The molecule has 2 atom stereocenters. The van der Waals surface area contributed by atoms with E-state index in [2.05, 4.69) is 19.9 Å². The third kappa shape index (κ3) is 13.0. The van der Waals surface area contributed by atoms with Crippen LogP contribution in [0.3, 0.4) is 0 Å². The zero-order valence-corrected chi connectivity index (χ0v) is 35.6. The molecule has 0 bridgehead atoms. The normalized spacial score (nSPS) is 15.8. The number of hydrogen-bond acceptors (Lipinski definition) is 8. The van der Waals surface area contributed by atoms with Crippen LogP contribution in [0.2, 0.25) is 0 Å². The number of benzene rings is 2. The maximum absolute atomic E-state index is 13.3. The second-order valence-corrected chi connectivity index (χ2v) is 15.8. The van der Waals surface area contributed by atoms with Crippen molar-refractivity contribution in [1.29, 1.82) is 0 Å². The number of carbonyl (C=O) groups excluding carboxylic acids is 4. The lowest BCUT2D eigenvalue weighted by atomic mass is 9.97. The summed E-state index contributed by atoms with van der Waals surface area (Å²) in [7, 11) is 0. The summed E-state index contributed by atoms with van der Waals surface area (Å²) < 4.78 is 90.1. The third-order valence-electron chi connectivity index (χ3n) is 11.4. The molecule has 0 aliphatic carbocycles. The van der Waals surface area contributed by atoms with Gasteiger partial charge in [-0.15, -0.1) is 0 Å². The van der Waals surface area contributed by atoms with Crippen molar-refractivity contribution in [3.8, 4) is 33.6 Å². The molecule has 6 rings (SSSR count). The number of rotatable bonds is 15. The molecule has 346 valence electrons. The van der Waals surface area contributed by atoms with Crippen LogP contribution in [0, 0.1) is 0 Å². The lowest BCUT2D eigenvalue weighted by Crippen LogP contribution is -2.51. The average molecular weight is 903 g/mol. The molecule has 4 heterocycles. The molecular formula is C44H52F6N8O6. The van der Waals surface area contributed by atoms with E-state index in [1.807, 2.05) is 48.5 Å². The number of piperazine rings is 2. The first-order valence-corrected chi connectivity index (χ1v) is 21.3. The van der Waals surface area contributed by atoms with Crippen molar-refractivity contribution < 1.29 is 55.0 Å². The molecule has 14 nitrogen and oxygen atoms in total. The van der Waals surface area contributed by atoms with E-state index in [-0.39, 0.29) is 115 Å². The standard InChI is InChI=1S/C44H52F6N8O6/c1-3-63-41(61)57-21-17-55(18-22-57)37(59)25-33(13-15-43(45,46)47)39-51-27-35(53-39)31-9-5-29(6-10-31)30-7-11-32(12-8-30)36-28-52-40(54-36)34(14-16-44(48,49)50)26-38(60)56-19-23-58(24-20-56)42(62)64-4-2/h5-12,27-28,33-34H,3-4,13-26H2,1-2H3,(H,51,53)(H,52,54). The van der Waals surface area contributed by atoms with Gasteiger partial charge in [-0.2, -0.15) is 26.3 Å². The summed E-state index contributed by atoms with van der Waals surface area (Å²) in [6, 6.07) is 14.8. The molecule has 2 aliphatic heterocycles. The summed E-state index contributed by atoms with van der Waals surface area (Å²) in [5, 5.41) is 0. The van der Waals surface area contributed by atoms with Crippen molar-refractivity contribution in [1.82, 2.24) is 39.5 Å². The van der Waals surface area contributed by atoms with Gasteiger partial charge in [-0.25, -0.2) is 19.6 Å². The Bertz CT molecular complexity index is 2020. The molecule has 64 heavy (non-hydrogen) atoms. The Hall–Kier alpha value is -6.08. The first kappa shape index (κ1) is 47.4. The number of halogens is 6. The number of amides is 4. The van der Waals surface area contributed by atoms with Gasteiger partial charge in [-0.05, 0) is 48.9 Å². The number of hydrogen-bond donors (Lipinski definition) is 2. The van der Waals surface area contributed by atoms with Crippen LogP contribution in [-0.2, 0) is 19.1 Å². The van der Waals surface area contributed by atoms with Gasteiger partial charge in [-0.3, -0.25) is 9.59 Å². The average Bonchev–Trinajstić information content (AvgIpc) is 3.98. The van der Waals surface area contributed by atoms with Gasteiger partial charge in [0.15, 0.2) is 0 Å². The largest absolute Gasteiger partial charge is 0.450 e. The van der Waals surface area contributed by atoms with Gasteiger partial charge < -0.3 is 39.0 Å². The highest BCUT2D eigenvalue weighted by Crippen LogP contribution is 2.34. The number of H-pyrrole nitrogens is 2. The van der Waals surface area contributed by atoms with Crippen LogP contribution in [0.1, 0.15) is 75.9 Å². The zero-order chi connectivity index (χ0) is 46.0. The molecule has 0 radical (unpaired) electrons. The monoisotopic (exact) mass is 902 g/mol.